The predicted molar refractivity (Wildman–Crippen MR) is 31.6 cm³/mol. The van der Waals surface area contributed by atoms with E-state index in [-0.39, 0.29) is 12.0 Å². The second kappa shape index (κ2) is 3.41. The molecule has 0 unspecified atom stereocenters. The van der Waals surface area contributed by atoms with Crippen LogP contribution in [0.15, 0.2) is 12.2 Å². The number of alkyl halides is 3. The van der Waals surface area contributed by atoms with Crippen LogP contribution in [-0.2, 0) is 9.53 Å². The van der Waals surface area contributed by atoms with Gasteiger partial charge < -0.3 is 4.74 Å². The average molecular weight is 168 g/mol. The maximum Gasteiger partial charge on any atom is 0.575 e. The van der Waals surface area contributed by atoms with E-state index in [9.17, 15) is 18.0 Å². The fourth-order valence-corrected chi connectivity index (χ4v) is 0.322. The van der Waals surface area contributed by atoms with E-state index < -0.39 is 12.3 Å². The minimum Gasteiger partial charge on any atom is -0.369 e. The molecule has 0 fully saturated rings. The summed E-state index contributed by atoms with van der Waals surface area (Å²) in [6.07, 6.45) is -4.76. The molecule has 0 radical (unpaired) electrons. The van der Waals surface area contributed by atoms with Crippen molar-refractivity contribution in [3.8, 4) is 0 Å². The Hall–Kier alpha value is -1.00. The summed E-state index contributed by atoms with van der Waals surface area (Å²) < 4.78 is 37.0. The smallest absolute Gasteiger partial charge is 0.369 e. The SMILES string of the molecule is C=C(CC)C(=O)OC(F)(F)F. The first-order valence-electron chi connectivity index (χ1n) is 2.84. The minimum absolute atomic E-state index is 0.148. The number of hydrogen-bond acceptors (Lipinski definition) is 2. The monoisotopic (exact) mass is 168 g/mol. The van der Waals surface area contributed by atoms with E-state index in [0.717, 1.165) is 0 Å². The molecule has 0 saturated carbocycles. The van der Waals surface area contributed by atoms with Crippen molar-refractivity contribution in [3.63, 3.8) is 0 Å². The largest absolute Gasteiger partial charge is 0.575 e. The Kier molecular flexibility index (Phi) is 3.10. The number of esters is 1. The zero-order chi connectivity index (χ0) is 9.07. The lowest BCUT2D eigenvalue weighted by atomic mass is 10.2. The molecule has 0 aromatic rings. The average Bonchev–Trinajstić information content (AvgIpc) is 1.82. The molecule has 0 aromatic carbocycles. The van der Waals surface area contributed by atoms with Crippen molar-refractivity contribution in [2.45, 2.75) is 19.7 Å². The lowest BCUT2D eigenvalue weighted by Crippen LogP contribution is -2.20. The van der Waals surface area contributed by atoms with Crippen molar-refractivity contribution >= 4 is 5.97 Å². The lowest BCUT2D eigenvalue weighted by molar-refractivity contribution is -0.303. The van der Waals surface area contributed by atoms with Crippen LogP contribution in [0.5, 0.6) is 0 Å². The molecule has 0 aromatic heterocycles. The number of halogens is 3. The predicted octanol–water partition coefficient (Wildman–Crippen LogP) is 2.02. The third-order valence-electron chi connectivity index (χ3n) is 0.924. The van der Waals surface area contributed by atoms with Gasteiger partial charge in [0.2, 0.25) is 0 Å². The van der Waals surface area contributed by atoms with Crippen LogP contribution < -0.4 is 0 Å². The van der Waals surface area contributed by atoms with Gasteiger partial charge in [0.05, 0.1) is 0 Å². The summed E-state index contributed by atoms with van der Waals surface area (Å²) in [5.74, 6) is -1.42. The molecule has 0 atom stereocenters. The van der Waals surface area contributed by atoms with E-state index in [0.29, 0.717) is 0 Å². The molecule has 0 heterocycles. The van der Waals surface area contributed by atoms with Crippen molar-refractivity contribution in [3.05, 3.63) is 12.2 Å². The molecule has 5 heteroatoms. The highest BCUT2D eigenvalue weighted by molar-refractivity contribution is 5.87. The van der Waals surface area contributed by atoms with Crippen molar-refractivity contribution in [1.29, 1.82) is 0 Å². The topological polar surface area (TPSA) is 26.3 Å². The summed E-state index contributed by atoms with van der Waals surface area (Å²) in [6, 6.07) is 0. The number of rotatable bonds is 2. The Balaban J connectivity index is 3.99. The van der Waals surface area contributed by atoms with Crippen LogP contribution in [0.25, 0.3) is 0 Å². The quantitative estimate of drug-likeness (QED) is 0.465. The molecule has 0 N–H and O–H groups in total. The molecule has 0 spiro atoms. The van der Waals surface area contributed by atoms with Gasteiger partial charge in [0, 0.05) is 5.57 Å². The summed E-state index contributed by atoms with van der Waals surface area (Å²) in [5.41, 5.74) is -0.192. The van der Waals surface area contributed by atoms with Crippen molar-refractivity contribution < 1.29 is 22.7 Å². The Bertz CT molecular complexity index is 171. The molecule has 0 aliphatic carbocycles. The van der Waals surface area contributed by atoms with Gasteiger partial charge in [-0.1, -0.05) is 13.5 Å². The van der Waals surface area contributed by atoms with Gasteiger partial charge in [0.1, 0.15) is 0 Å². The first-order valence-corrected chi connectivity index (χ1v) is 2.84. The maximum absolute atomic E-state index is 11.3. The van der Waals surface area contributed by atoms with Crippen molar-refractivity contribution in [2.75, 3.05) is 0 Å². The van der Waals surface area contributed by atoms with E-state index in [1.165, 1.54) is 6.92 Å². The standard InChI is InChI=1S/C6H7F3O2/c1-3-4(2)5(10)11-6(7,8)9/h2-3H2,1H3. The molecular formula is C6H7F3O2. The van der Waals surface area contributed by atoms with Crippen LogP contribution in [0.3, 0.4) is 0 Å². The summed E-state index contributed by atoms with van der Waals surface area (Å²) in [7, 11) is 0. The highest BCUT2D eigenvalue weighted by Crippen LogP contribution is 2.18. The summed E-state index contributed by atoms with van der Waals surface area (Å²) in [6.45, 7) is 4.60. The lowest BCUT2D eigenvalue weighted by Gasteiger charge is -2.06. The number of carbonyl (C=O) groups excluding carboxylic acids is 1. The molecule has 0 bridgehead atoms. The number of hydrogen-bond donors (Lipinski definition) is 0. The van der Waals surface area contributed by atoms with Crippen LogP contribution in [0, 0.1) is 0 Å². The zero-order valence-electron chi connectivity index (χ0n) is 5.86. The highest BCUT2D eigenvalue weighted by atomic mass is 19.4. The van der Waals surface area contributed by atoms with Gasteiger partial charge >= 0.3 is 12.3 Å². The van der Waals surface area contributed by atoms with Crippen molar-refractivity contribution in [2.24, 2.45) is 0 Å². The van der Waals surface area contributed by atoms with Gasteiger partial charge in [-0.15, -0.1) is 13.2 Å². The first kappa shape index (κ1) is 10.0. The van der Waals surface area contributed by atoms with E-state index >= 15 is 0 Å². The molecular weight excluding hydrogens is 161 g/mol. The summed E-state index contributed by atoms with van der Waals surface area (Å²) in [4.78, 5) is 10.3. The minimum atomic E-state index is -4.91. The summed E-state index contributed by atoms with van der Waals surface area (Å²) >= 11 is 0. The van der Waals surface area contributed by atoms with Crippen LogP contribution in [0.4, 0.5) is 13.2 Å². The fraction of sp³-hybridized carbons (Fsp3) is 0.500. The number of carbonyl (C=O) groups is 1. The van der Waals surface area contributed by atoms with Crippen molar-refractivity contribution in [1.82, 2.24) is 0 Å². The fourth-order valence-electron chi connectivity index (χ4n) is 0.322. The van der Waals surface area contributed by atoms with Gasteiger partial charge in [-0.25, -0.2) is 4.79 Å². The maximum atomic E-state index is 11.3. The van der Waals surface area contributed by atoms with Gasteiger partial charge in [-0.05, 0) is 6.42 Å². The van der Waals surface area contributed by atoms with Gasteiger partial charge in [-0.3, -0.25) is 0 Å². The summed E-state index contributed by atoms with van der Waals surface area (Å²) in [5, 5.41) is 0. The zero-order valence-corrected chi connectivity index (χ0v) is 5.86. The molecule has 2 nitrogen and oxygen atoms in total. The molecule has 0 amide bonds. The first-order chi connectivity index (χ1) is 4.87. The van der Waals surface area contributed by atoms with Gasteiger partial charge in [-0.2, -0.15) is 0 Å². The molecule has 0 saturated heterocycles. The molecule has 0 aliphatic rings. The van der Waals surface area contributed by atoms with Crippen LogP contribution >= 0.6 is 0 Å². The van der Waals surface area contributed by atoms with E-state index in [1.54, 1.807) is 0 Å². The Morgan fingerprint density at radius 2 is 2.00 bits per heavy atom. The Morgan fingerprint density at radius 3 is 2.27 bits per heavy atom. The van der Waals surface area contributed by atoms with Gasteiger partial charge in [0.15, 0.2) is 0 Å². The molecule has 0 aliphatic heterocycles. The second-order valence-electron chi connectivity index (χ2n) is 1.79. The van der Waals surface area contributed by atoms with Crippen LogP contribution in [0.2, 0.25) is 0 Å². The third kappa shape index (κ3) is 4.41. The third-order valence-corrected chi connectivity index (χ3v) is 0.924. The number of ether oxygens (including phenoxy) is 1. The normalized spacial score (nSPS) is 10.9. The van der Waals surface area contributed by atoms with E-state index in [1.807, 2.05) is 0 Å². The molecule has 64 valence electrons. The Morgan fingerprint density at radius 1 is 1.55 bits per heavy atom. The molecule has 11 heavy (non-hydrogen) atoms. The van der Waals surface area contributed by atoms with Crippen LogP contribution in [0.1, 0.15) is 13.3 Å². The van der Waals surface area contributed by atoms with Crippen LogP contribution in [-0.4, -0.2) is 12.3 Å². The Labute approximate surface area is 61.6 Å². The highest BCUT2D eigenvalue weighted by Gasteiger charge is 2.34. The van der Waals surface area contributed by atoms with Gasteiger partial charge in [0.25, 0.3) is 0 Å². The van der Waals surface area contributed by atoms with E-state index in [2.05, 4.69) is 11.3 Å². The second-order valence-corrected chi connectivity index (χ2v) is 1.79. The molecule has 0 rings (SSSR count). The van der Waals surface area contributed by atoms with E-state index in [4.69, 9.17) is 0 Å².